The highest BCUT2D eigenvalue weighted by molar-refractivity contribution is 6.14. The zero-order valence-corrected chi connectivity index (χ0v) is 14.5. The Morgan fingerprint density at radius 1 is 1.40 bits per heavy atom. The summed E-state index contributed by atoms with van der Waals surface area (Å²) in [7, 11) is 1.37. The Hall–Kier alpha value is -3.13. The van der Waals surface area contributed by atoms with E-state index in [1.165, 1.54) is 25.3 Å². The van der Waals surface area contributed by atoms with Crippen LogP contribution in [0.15, 0.2) is 42.5 Å². The number of aromatic nitrogens is 1. The minimum Gasteiger partial charge on any atom is -0.494 e. The summed E-state index contributed by atoms with van der Waals surface area (Å²) in [4.78, 5) is 12.7. The number of carbonyl (C=O) groups excluding carboxylic acids is 1. The molecule has 0 spiro atoms. The molecule has 0 N–H and O–H groups in total. The number of hydrogen-bond acceptors (Lipinski definition) is 3. The molecule has 2 aromatic rings. The first-order chi connectivity index (χ1) is 11.9. The largest absolute Gasteiger partial charge is 0.494 e. The third-order valence-electron chi connectivity index (χ3n) is 3.98. The fourth-order valence-corrected chi connectivity index (χ4v) is 2.67. The van der Waals surface area contributed by atoms with Crippen molar-refractivity contribution in [1.29, 1.82) is 5.26 Å². The molecule has 0 atom stereocenters. The summed E-state index contributed by atoms with van der Waals surface area (Å²) in [6.07, 6.45) is 3.12. The molecular weight excluding hydrogens is 319 g/mol. The molecule has 0 aliphatic rings. The van der Waals surface area contributed by atoms with Crippen LogP contribution in [-0.4, -0.2) is 17.5 Å². The number of ether oxygens (including phenoxy) is 1. The molecule has 25 heavy (non-hydrogen) atoms. The number of aryl methyl sites for hydroxylation is 1. The summed E-state index contributed by atoms with van der Waals surface area (Å²) in [5, 5.41) is 9.38. The molecular formula is C20H19FN2O2. The zero-order valence-electron chi connectivity index (χ0n) is 14.5. The van der Waals surface area contributed by atoms with Gasteiger partial charge in [0.2, 0.25) is 5.78 Å². The van der Waals surface area contributed by atoms with Gasteiger partial charge in [0.25, 0.3) is 0 Å². The molecule has 1 aromatic heterocycles. The lowest BCUT2D eigenvalue weighted by Crippen LogP contribution is -2.05. The van der Waals surface area contributed by atoms with Crippen LogP contribution in [0.1, 0.15) is 27.3 Å². The molecule has 0 bridgehead atoms. The maximum atomic E-state index is 13.8. The smallest absolute Gasteiger partial charge is 0.205 e. The van der Waals surface area contributed by atoms with Gasteiger partial charge in [-0.05, 0) is 43.7 Å². The molecule has 0 saturated heterocycles. The topological polar surface area (TPSA) is 55.0 Å². The zero-order chi connectivity index (χ0) is 18.6. The monoisotopic (exact) mass is 338 g/mol. The Labute approximate surface area is 146 Å². The second-order valence-electron chi connectivity index (χ2n) is 5.58. The van der Waals surface area contributed by atoms with Gasteiger partial charge >= 0.3 is 0 Å². The molecule has 0 saturated carbocycles. The van der Waals surface area contributed by atoms with Crippen LogP contribution >= 0.6 is 0 Å². The minimum absolute atomic E-state index is 0.0524. The van der Waals surface area contributed by atoms with E-state index in [0.29, 0.717) is 17.7 Å². The van der Waals surface area contributed by atoms with Crippen molar-refractivity contribution in [2.24, 2.45) is 0 Å². The minimum atomic E-state index is -0.551. The molecule has 0 amide bonds. The molecule has 0 fully saturated rings. The first-order valence-electron chi connectivity index (χ1n) is 7.70. The highest BCUT2D eigenvalue weighted by Crippen LogP contribution is 2.22. The lowest BCUT2D eigenvalue weighted by molar-refractivity contribution is 0.103. The van der Waals surface area contributed by atoms with Gasteiger partial charge in [0, 0.05) is 23.5 Å². The highest BCUT2D eigenvalue weighted by atomic mass is 19.1. The number of ketones is 1. The summed E-state index contributed by atoms with van der Waals surface area (Å²) in [6.45, 7) is 8.01. The van der Waals surface area contributed by atoms with E-state index in [4.69, 9.17) is 4.74 Å². The first-order valence-corrected chi connectivity index (χ1v) is 7.70. The van der Waals surface area contributed by atoms with Crippen molar-refractivity contribution in [2.45, 2.75) is 20.4 Å². The molecule has 2 rings (SSSR count). The third-order valence-corrected chi connectivity index (χ3v) is 3.98. The van der Waals surface area contributed by atoms with Crippen LogP contribution in [0.4, 0.5) is 4.39 Å². The number of carbonyl (C=O) groups is 1. The van der Waals surface area contributed by atoms with Crippen molar-refractivity contribution in [3.8, 4) is 11.8 Å². The van der Waals surface area contributed by atoms with E-state index in [-0.39, 0.29) is 17.1 Å². The van der Waals surface area contributed by atoms with Crippen molar-refractivity contribution < 1.29 is 13.9 Å². The Kier molecular flexibility index (Phi) is 5.56. The number of Topliss-reactive ketones (excluding diaryl/α,β-unsaturated/α-hetero) is 1. The van der Waals surface area contributed by atoms with Gasteiger partial charge in [-0.3, -0.25) is 4.79 Å². The van der Waals surface area contributed by atoms with Gasteiger partial charge in [-0.15, -0.1) is 6.58 Å². The molecule has 4 nitrogen and oxygen atoms in total. The normalized spacial score (nSPS) is 11.1. The van der Waals surface area contributed by atoms with Crippen molar-refractivity contribution in [3.63, 3.8) is 0 Å². The lowest BCUT2D eigenvalue weighted by Gasteiger charge is -2.06. The molecule has 0 aliphatic carbocycles. The Morgan fingerprint density at radius 3 is 2.68 bits per heavy atom. The van der Waals surface area contributed by atoms with Crippen LogP contribution in [0.2, 0.25) is 0 Å². The van der Waals surface area contributed by atoms with Gasteiger partial charge in [-0.2, -0.15) is 5.26 Å². The van der Waals surface area contributed by atoms with Gasteiger partial charge in [0.1, 0.15) is 11.6 Å². The molecule has 0 unspecified atom stereocenters. The van der Waals surface area contributed by atoms with E-state index in [1.54, 1.807) is 18.2 Å². The number of hydrogen-bond donors (Lipinski definition) is 0. The SMILES string of the molecule is C=CCn1c(C)cc(C(=O)/C(C#N)=C/c2ccc(OC)c(F)c2)c1C. The average Bonchev–Trinajstić information content (AvgIpc) is 2.88. The lowest BCUT2D eigenvalue weighted by atomic mass is 10.0. The standard InChI is InChI=1S/C20H19FN2O2/c1-5-8-23-13(2)9-17(14(23)3)20(24)16(12-22)10-15-6-7-19(25-4)18(21)11-15/h5-7,9-11H,1,8H2,2-4H3/b16-10+. The van der Waals surface area contributed by atoms with Crippen molar-refractivity contribution in [1.82, 2.24) is 4.57 Å². The average molecular weight is 338 g/mol. The fourth-order valence-electron chi connectivity index (χ4n) is 2.67. The summed E-state index contributed by atoms with van der Waals surface area (Å²) in [5.74, 6) is -0.831. The number of nitrogens with zero attached hydrogens (tertiary/aromatic N) is 2. The van der Waals surface area contributed by atoms with Gasteiger partial charge in [-0.25, -0.2) is 4.39 Å². The predicted octanol–water partition coefficient (Wildman–Crippen LogP) is 4.23. The van der Waals surface area contributed by atoms with Crippen LogP contribution in [0.25, 0.3) is 6.08 Å². The second kappa shape index (κ2) is 7.63. The number of halogens is 1. The van der Waals surface area contributed by atoms with Crippen molar-refractivity contribution in [2.75, 3.05) is 7.11 Å². The van der Waals surface area contributed by atoms with Crippen LogP contribution in [0.5, 0.6) is 5.75 Å². The van der Waals surface area contributed by atoms with E-state index in [2.05, 4.69) is 6.58 Å². The Bertz CT molecular complexity index is 901. The van der Waals surface area contributed by atoms with E-state index < -0.39 is 5.82 Å². The van der Waals surface area contributed by atoms with Gasteiger partial charge in [-0.1, -0.05) is 12.1 Å². The van der Waals surface area contributed by atoms with Gasteiger partial charge in [0.05, 0.1) is 7.11 Å². The van der Waals surface area contributed by atoms with E-state index >= 15 is 0 Å². The first kappa shape index (κ1) is 18.2. The molecule has 1 aromatic carbocycles. The van der Waals surface area contributed by atoms with Crippen LogP contribution in [0.3, 0.4) is 0 Å². The van der Waals surface area contributed by atoms with Crippen molar-refractivity contribution >= 4 is 11.9 Å². The molecule has 1 heterocycles. The molecule has 128 valence electrons. The highest BCUT2D eigenvalue weighted by Gasteiger charge is 2.19. The quantitative estimate of drug-likeness (QED) is 0.343. The Morgan fingerprint density at radius 2 is 2.12 bits per heavy atom. The van der Waals surface area contributed by atoms with Crippen molar-refractivity contribution in [3.05, 3.63) is 70.8 Å². The van der Waals surface area contributed by atoms with Gasteiger partial charge < -0.3 is 9.30 Å². The Balaban J connectivity index is 2.43. The van der Waals surface area contributed by atoms with Crippen LogP contribution in [0, 0.1) is 31.0 Å². The number of rotatable bonds is 6. The maximum Gasteiger partial charge on any atom is 0.205 e. The number of benzene rings is 1. The fraction of sp³-hybridized carbons (Fsp3) is 0.200. The number of methoxy groups -OCH3 is 1. The second-order valence-corrected chi connectivity index (χ2v) is 5.58. The van der Waals surface area contributed by atoms with Crippen LogP contribution in [-0.2, 0) is 6.54 Å². The number of nitriles is 1. The summed E-state index contributed by atoms with van der Waals surface area (Å²) in [6, 6.07) is 7.94. The number of allylic oxidation sites excluding steroid dienone is 2. The molecule has 0 aliphatic heterocycles. The summed E-state index contributed by atoms with van der Waals surface area (Å²) >= 11 is 0. The van der Waals surface area contributed by atoms with Gasteiger partial charge in [0.15, 0.2) is 11.6 Å². The summed E-state index contributed by atoms with van der Waals surface area (Å²) < 4.78 is 20.6. The van der Waals surface area contributed by atoms with Crippen LogP contribution < -0.4 is 4.74 Å². The van der Waals surface area contributed by atoms with E-state index in [9.17, 15) is 14.4 Å². The molecule has 0 radical (unpaired) electrons. The van der Waals surface area contributed by atoms with E-state index in [1.807, 2.05) is 24.5 Å². The molecule has 5 heteroatoms. The van der Waals surface area contributed by atoms with E-state index in [0.717, 1.165) is 11.4 Å². The maximum absolute atomic E-state index is 13.8. The summed E-state index contributed by atoms with van der Waals surface area (Å²) in [5.41, 5.74) is 2.51. The predicted molar refractivity (Wildman–Crippen MR) is 95.0 cm³/mol. The third kappa shape index (κ3) is 3.69.